The minimum Gasteiger partial charge on any atom is -0.394 e. The van der Waals surface area contributed by atoms with Gasteiger partial charge >= 0.3 is 7.75 Å². The first-order valence-corrected chi connectivity index (χ1v) is 16.1. The number of nitrogens with one attached hydrogen (secondary N) is 3. The summed E-state index contributed by atoms with van der Waals surface area (Å²) in [6, 6.07) is 2.98. The highest BCUT2D eigenvalue weighted by Crippen LogP contribution is 2.49. The van der Waals surface area contributed by atoms with Crippen LogP contribution in [0.15, 0.2) is 28.0 Å². The number of methoxy groups -OCH3 is 1. The van der Waals surface area contributed by atoms with Crippen LogP contribution in [0.4, 0.5) is 11.8 Å². The van der Waals surface area contributed by atoms with E-state index in [9.17, 15) is 24.4 Å². The van der Waals surface area contributed by atoms with Crippen LogP contribution in [0, 0.1) is 0 Å². The smallest absolute Gasteiger partial charge is 0.394 e. The molecule has 20 heteroatoms. The first kappa shape index (κ1) is 34.1. The fourth-order valence-electron chi connectivity index (χ4n) is 5.49. The second kappa shape index (κ2) is 14.3. The second-order valence-electron chi connectivity index (χ2n) is 11.3. The first-order valence-electron chi connectivity index (χ1n) is 14.6. The molecule has 19 nitrogen and oxygen atoms in total. The molecule has 0 saturated carbocycles. The number of hydrogen-bond donors (Lipinski definition) is 7. The van der Waals surface area contributed by atoms with Crippen LogP contribution in [0.3, 0.4) is 0 Å². The van der Waals surface area contributed by atoms with E-state index in [1.54, 1.807) is 0 Å². The topological polar surface area (TPSA) is 267 Å². The van der Waals surface area contributed by atoms with Gasteiger partial charge in [-0.05, 0) is 39.2 Å². The fraction of sp³-hybridized carbons (Fsp3) is 0.615. The third-order valence-corrected chi connectivity index (χ3v) is 9.42. The SMILES string of the molecule is CO[C@@H]1C(O)[C@@H](COP(=O)(NCCCN(C)C)OC2C[C@H](n3cnc4c(=O)[nH]c(N)nc43)O[C@@H]2CO)O[C@H]1c1ccc(N)[nH]c1=O. The zero-order chi connectivity index (χ0) is 33.2. The molecule has 2 aliphatic rings. The molecule has 0 aliphatic carbocycles. The molecule has 5 rings (SSSR count). The van der Waals surface area contributed by atoms with Gasteiger partial charge in [0.1, 0.15) is 48.7 Å². The van der Waals surface area contributed by atoms with Crippen LogP contribution < -0.4 is 27.7 Å². The molecular weight excluding hydrogens is 629 g/mol. The largest absolute Gasteiger partial charge is 0.405 e. The van der Waals surface area contributed by atoms with Crippen molar-refractivity contribution in [3.8, 4) is 0 Å². The summed E-state index contributed by atoms with van der Waals surface area (Å²) in [7, 11) is 1.02. The number of imidazole rings is 1. The standard InChI is InChI=1S/C26H40N9O10P/c1-34(2)8-4-7-30-46(40,42-11-16-20(37)22(41-3)21(44-16)13-5-6-17(27)31-24(13)38)45-14-9-18(43-15(14)10-36)35-12-29-19-23(35)32-26(28)33-25(19)39/h5-6,12,14-16,18,20-22,36-37H,4,7-11H2,1-3H3,(H,30,40)(H3,27,31,38)(H3,28,32,33,39)/t14?,15-,16-,18-,20?,21+,22-,46?/m1/s1. The average Bonchev–Trinajstić information content (AvgIpc) is 3.69. The number of nitrogens with zero attached hydrogens (tertiary/aromatic N) is 4. The highest BCUT2D eigenvalue weighted by atomic mass is 31.2. The Kier molecular flexibility index (Phi) is 10.6. The van der Waals surface area contributed by atoms with Crippen molar-refractivity contribution in [1.29, 1.82) is 0 Å². The molecule has 2 saturated heterocycles. The maximum absolute atomic E-state index is 14.2. The van der Waals surface area contributed by atoms with E-state index in [0.717, 1.165) is 0 Å². The number of H-pyrrole nitrogens is 2. The molecule has 3 aromatic heterocycles. The molecule has 5 heterocycles. The van der Waals surface area contributed by atoms with Crippen LogP contribution in [0.25, 0.3) is 11.2 Å². The molecule has 2 aliphatic heterocycles. The number of pyridine rings is 1. The number of rotatable bonds is 14. The van der Waals surface area contributed by atoms with Crippen molar-refractivity contribution < 1.29 is 38.0 Å². The lowest BCUT2D eigenvalue weighted by Gasteiger charge is -2.26. The lowest BCUT2D eigenvalue weighted by molar-refractivity contribution is -0.0455. The fourth-order valence-corrected chi connectivity index (χ4v) is 7.07. The van der Waals surface area contributed by atoms with E-state index >= 15 is 0 Å². The van der Waals surface area contributed by atoms with Crippen molar-refractivity contribution in [1.82, 2.24) is 34.5 Å². The zero-order valence-corrected chi connectivity index (χ0v) is 26.5. The summed E-state index contributed by atoms with van der Waals surface area (Å²) in [4.78, 5) is 39.9. The molecule has 0 aromatic carbocycles. The van der Waals surface area contributed by atoms with E-state index in [4.69, 9.17) is 34.7 Å². The first-order chi connectivity index (χ1) is 21.9. The number of nitrogens with two attached hydrogens (primary N) is 2. The minimum absolute atomic E-state index is 0.0445. The molecule has 3 unspecified atom stereocenters. The minimum atomic E-state index is -4.15. The monoisotopic (exact) mass is 669 g/mol. The molecule has 254 valence electrons. The number of fused-ring (bicyclic) bond motifs is 1. The molecule has 46 heavy (non-hydrogen) atoms. The number of aliphatic hydroxyl groups is 2. The van der Waals surface area contributed by atoms with Crippen molar-refractivity contribution in [3.63, 3.8) is 0 Å². The number of nitrogen functional groups attached to an aromatic ring is 2. The summed E-state index contributed by atoms with van der Waals surface area (Å²) >= 11 is 0. The Morgan fingerprint density at radius 2 is 1.98 bits per heavy atom. The summed E-state index contributed by atoms with van der Waals surface area (Å²) in [6.45, 7) is 0.0396. The van der Waals surface area contributed by atoms with Gasteiger partial charge in [-0.3, -0.25) is 28.2 Å². The van der Waals surface area contributed by atoms with E-state index in [1.165, 1.54) is 30.1 Å². The van der Waals surface area contributed by atoms with E-state index in [-0.39, 0.29) is 41.5 Å². The highest BCUT2D eigenvalue weighted by Gasteiger charge is 2.48. The Morgan fingerprint density at radius 3 is 2.67 bits per heavy atom. The molecule has 0 spiro atoms. The van der Waals surface area contributed by atoms with E-state index < -0.39 is 74.9 Å². The number of ether oxygens (including phenoxy) is 3. The van der Waals surface area contributed by atoms with Gasteiger partial charge in [-0.2, -0.15) is 4.98 Å². The Balaban J connectivity index is 1.33. The Morgan fingerprint density at radius 1 is 1.20 bits per heavy atom. The summed E-state index contributed by atoms with van der Waals surface area (Å²) in [5.41, 5.74) is 10.8. The molecule has 0 bridgehead atoms. The summed E-state index contributed by atoms with van der Waals surface area (Å²) in [5, 5.41) is 24.0. The van der Waals surface area contributed by atoms with Gasteiger partial charge in [0.25, 0.3) is 11.1 Å². The van der Waals surface area contributed by atoms with Crippen molar-refractivity contribution in [2.45, 2.75) is 55.7 Å². The molecule has 2 fully saturated rings. The van der Waals surface area contributed by atoms with Crippen LogP contribution in [0.1, 0.15) is 30.7 Å². The lowest BCUT2D eigenvalue weighted by atomic mass is 10.0. The van der Waals surface area contributed by atoms with Crippen LogP contribution in [0.5, 0.6) is 0 Å². The molecule has 0 amide bonds. The molecule has 3 aromatic rings. The second-order valence-corrected chi connectivity index (χ2v) is 13.1. The van der Waals surface area contributed by atoms with E-state index in [1.807, 2.05) is 19.0 Å². The van der Waals surface area contributed by atoms with Gasteiger partial charge in [-0.15, -0.1) is 0 Å². The Hall–Kier alpha value is -3.23. The number of aliphatic hydroxyl groups excluding tert-OH is 2. The quantitative estimate of drug-likeness (QED) is 0.0786. The zero-order valence-electron chi connectivity index (χ0n) is 25.6. The van der Waals surface area contributed by atoms with Gasteiger partial charge in [0, 0.05) is 25.6 Å². The van der Waals surface area contributed by atoms with Crippen molar-refractivity contribution >= 4 is 30.7 Å². The maximum atomic E-state index is 14.2. The normalized spacial score (nSPS) is 27.9. The summed E-state index contributed by atoms with van der Waals surface area (Å²) < 4.78 is 44.9. The summed E-state index contributed by atoms with van der Waals surface area (Å²) in [5.74, 6) is 0.0491. The highest BCUT2D eigenvalue weighted by molar-refractivity contribution is 7.51. The predicted molar refractivity (Wildman–Crippen MR) is 164 cm³/mol. The molecule has 9 N–H and O–H groups in total. The summed E-state index contributed by atoms with van der Waals surface area (Å²) in [6.07, 6.45) is -4.86. The van der Waals surface area contributed by atoms with Gasteiger partial charge in [-0.25, -0.2) is 14.6 Å². The third-order valence-electron chi connectivity index (χ3n) is 7.77. The Bertz CT molecular complexity index is 1660. The van der Waals surface area contributed by atoms with Crippen LogP contribution >= 0.6 is 7.75 Å². The number of aromatic amines is 2. The van der Waals surface area contributed by atoms with Crippen LogP contribution in [0.2, 0.25) is 0 Å². The number of aromatic nitrogens is 5. The average molecular weight is 670 g/mol. The van der Waals surface area contributed by atoms with Crippen molar-refractivity contribution in [3.05, 3.63) is 44.7 Å². The third kappa shape index (κ3) is 7.33. The van der Waals surface area contributed by atoms with Gasteiger partial charge < -0.3 is 45.8 Å². The molecular formula is C26H40N9O10P. The number of hydrogen-bond acceptors (Lipinski definition) is 15. The molecule has 0 radical (unpaired) electrons. The van der Waals surface area contributed by atoms with Crippen molar-refractivity contribution in [2.75, 3.05) is 59.0 Å². The van der Waals surface area contributed by atoms with Crippen LogP contribution in [-0.2, 0) is 27.8 Å². The van der Waals surface area contributed by atoms with Gasteiger partial charge in [0.2, 0.25) is 5.95 Å². The van der Waals surface area contributed by atoms with Crippen LogP contribution in [-0.4, -0.2) is 118 Å². The lowest BCUT2D eigenvalue weighted by Crippen LogP contribution is -2.36. The van der Waals surface area contributed by atoms with Gasteiger partial charge in [0.05, 0.1) is 19.5 Å². The van der Waals surface area contributed by atoms with E-state index in [0.29, 0.717) is 13.0 Å². The Labute approximate surface area is 262 Å². The van der Waals surface area contributed by atoms with Gasteiger partial charge in [-0.1, -0.05) is 0 Å². The molecule has 8 atom stereocenters. The van der Waals surface area contributed by atoms with Gasteiger partial charge in [0.15, 0.2) is 11.2 Å². The number of anilines is 2. The predicted octanol–water partition coefficient (Wildman–Crippen LogP) is -1.18. The van der Waals surface area contributed by atoms with E-state index in [2.05, 4.69) is 25.0 Å². The maximum Gasteiger partial charge on any atom is 0.405 e. The van der Waals surface area contributed by atoms with Crippen molar-refractivity contribution in [2.24, 2.45) is 0 Å².